The summed E-state index contributed by atoms with van der Waals surface area (Å²) in [5.74, 6) is 0. The van der Waals surface area contributed by atoms with E-state index < -0.39 is 0 Å². The molecule has 0 radical (unpaired) electrons. The molecule has 2 rings (SSSR count). The Balaban J connectivity index is 2.18. The number of nitrogens with zero attached hydrogens (tertiary/aromatic N) is 2. The number of urea groups is 2. The summed E-state index contributed by atoms with van der Waals surface area (Å²) >= 11 is 0. The lowest BCUT2D eigenvalue weighted by Crippen LogP contribution is -2.44. The minimum Gasteiger partial charge on any atom is -0.395 e. The third kappa shape index (κ3) is 1.09. The molecule has 78 valence electrons. The van der Waals surface area contributed by atoms with Crippen LogP contribution in [-0.4, -0.2) is 59.5 Å². The van der Waals surface area contributed by atoms with Crippen LogP contribution in [0.25, 0.3) is 0 Å². The quantitative estimate of drug-likeness (QED) is 0.497. The van der Waals surface area contributed by atoms with Crippen LogP contribution in [0.3, 0.4) is 0 Å². The molecule has 0 aromatic rings. The number of nitrogens with one attached hydrogen (secondary N) is 2. The molecule has 0 aliphatic carbocycles. The van der Waals surface area contributed by atoms with Crippen molar-refractivity contribution < 1.29 is 14.7 Å². The zero-order chi connectivity index (χ0) is 10.3. The van der Waals surface area contributed by atoms with Crippen molar-refractivity contribution in [2.45, 2.75) is 12.3 Å². The van der Waals surface area contributed by atoms with Gasteiger partial charge in [0.2, 0.25) is 0 Å². The van der Waals surface area contributed by atoms with Crippen molar-refractivity contribution in [1.82, 2.24) is 20.4 Å². The number of fused-ring (bicyclic) bond motifs is 1. The smallest absolute Gasteiger partial charge is 0.323 e. The van der Waals surface area contributed by atoms with Crippen molar-refractivity contribution in [2.75, 3.05) is 20.2 Å². The van der Waals surface area contributed by atoms with Crippen molar-refractivity contribution in [3.05, 3.63) is 0 Å². The summed E-state index contributed by atoms with van der Waals surface area (Å²) in [5, 5.41) is 14.0. The number of rotatable bonds is 2. The summed E-state index contributed by atoms with van der Waals surface area (Å²) in [4.78, 5) is 25.5. The lowest BCUT2D eigenvalue weighted by Gasteiger charge is -2.19. The fourth-order valence-corrected chi connectivity index (χ4v) is 1.81. The first-order valence-corrected chi connectivity index (χ1v) is 4.36. The van der Waals surface area contributed by atoms with Gasteiger partial charge in [0.25, 0.3) is 0 Å². The molecule has 2 fully saturated rings. The van der Waals surface area contributed by atoms with E-state index in [0.717, 1.165) is 0 Å². The molecule has 2 heterocycles. The van der Waals surface area contributed by atoms with E-state index in [9.17, 15) is 9.59 Å². The first kappa shape index (κ1) is 9.07. The van der Waals surface area contributed by atoms with E-state index in [2.05, 4.69) is 10.6 Å². The van der Waals surface area contributed by atoms with Crippen LogP contribution < -0.4 is 10.6 Å². The second-order valence-corrected chi connectivity index (χ2v) is 3.32. The number of likely N-dealkylation sites (N-methyl/N-ethyl adjacent to an activating group) is 1. The highest BCUT2D eigenvalue weighted by Crippen LogP contribution is 2.20. The number of hydrogen-bond acceptors (Lipinski definition) is 3. The number of amides is 4. The van der Waals surface area contributed by atoms with Crippen molar-refractivity contribution in [3.63, 3.8) is 0 Å². The van der Waals surface area contributed by atoms with Gasteiger partial charge >= 0.3 is 12.1 Å². The Morgan fingerprint density at radius 3 is 2.64 bits per heavy atom. The SMILES string of the molecule is CN1C(=O)N(CCO)[C@H]2NC(=O)N[C@@H]21. The molecule has 2 saturated heterocycles. The first-order valence-electron chi connectivity index (χ1n) is 4.36. The van der Waals surface area contributed by atoms with Crippen LogP contribution in [0.5, 0.6) is 0 Å². The zero-order valence-electron chi connectivity index (χ0n) is 7.73. The highest BCUT2D eigenvalue weighted by atomic mass is 16.3. The fraction of sp³-hybridized carbons (Fsp3) is 0.714. The standard InChI is InChI=1S/C7H12N4O3/c1-10-4-5(9-6(13)8-4)11(2-3-12)7(10)14/h4-5,12H,2-3H2,1H3,(H2,8,9,13)/t4-,5-/m1/s1. The maximum Gasteiger partial charge on any atom is 0.323 e. The van der Waals surface area contributed by atoms with Crippen molar-refractivity contribution >= 4 is 12.1 Å². The van der Waals surface area contributed by atoms with Gasteiger partial charge in [0.15, 0.2) is 0 Å². The van der Waals surface area contributed by atoms with E-state index >= 15 is 0 Å². The van der Waals surface area contributed by atoms with Crippen LogP contribution in [0, 0.1) is 0 Å². The maximum absolute atomic E-state index is 11.6. The van der Waals surface area contributed by atoms with Gasteiger partial charge in [-0.15, -0.1) is 0 Å². The lowest BCUT2D eigenvalue weighted by atomic mass is 10.4. The molecule has 0 unspecified atom stereocenters. The van der Waals surface area contributed by atoms with Crippen molar-refractivity contribution in [3.8, 4) is 0 Å². The molecule has 0 bridgehead atoms. The van der Waals surface area contributed by atoms with Crippen LogP contribution in [0.2, 0.25) is 0 Å². The second-order valence-electron chi connectivity index (χ2n) is 3.32. The molecule has 0 aromatic heterocycles. The molecule has 0 spiro atoms. The Kier molecular flexibility index (Phi) is 1.95. The molecule has 2 atom stereocenters. The summed E-state index contributed by atoms with van der Waals surface area (Å²) in [7, 11) is 1.62. The zero-order valence-corrected chi connectivity index (χ0v) is 7.73. The summed E-state index contributed by atoms with van der Waals surface area (Å²) in [5.41, 5.74) is 0. The van der Waals surface area contributed by atoms with Crippen LogP contribution in [0.1, 0.15) is 0 Å². The van der Waals surface area contributed by atoms with Crippen LogP contribution in [-0.2, 0) is 0 Å². The Labute approximate surface area is 80.7 Å². The monoisotopic (exact) mass is 200 g/mol. The fourth-order valence-electron chi connectivity index (χ4n) is 1.81. The maximum atomic E-state index is 11.6. The minimum atomic E-state index is -0.368. The molecule has 2 aliphatic rings. The number of carbonyl (C=O) groups excluding carboxylic acids is 2. The topological polar surface area (TPSA) is 84.9 Å². The first-order chi connectivity index (χ1) is 6.65. The Bertz CT molecular complexity index is 282. The highest BCUT2D eigenvalue weighted by molar-refractivity contribution is 5.84. The van der Waals surface area contributed by atoms with Gasteiger partial charge in [-0.2, -0.15) is 0 Å². The van der Waals surface area contributed by atoms with Gasteiger partial charge in [-0.05, 0) is 0 Å². The largest absolute Gasteiger partial charge is 0.395 e. The lowest BCUT2D eigenvalue weighted by molar-refractivity contribution is 0.166. The normalized spacial score (nSPS) is 30.4. The number of β-amino-alcohol motifs (C(OH)–C–C–N with tert-alkyl or cyclic N) is 1. The molecular weight excluding hydrogens is 188 g/mol. The third-order valence-electron chi connectivity index (χ3n) is 2.50. The predicted molar refractivity (Wildman–Crippen MR) is 46.2 cm³/mol. The van der Waals surface area contributed by atoms with E-state index in [1.54, 1.807) is 7.05 Å². The van der Waals surface area contributed by atoms with Gasteiger partial charge in [0, 0.05) is 13.6 Å². The van der Waals surface area contributed by atoms with E-state index in [0.29, 0.717) is 0 Å². The second kappa shape index (κ2) is 3.02. The van der Waals surface area contributed by atoms with Gasteiger partial charge in [-0.3, -0.25) is 4.90 Å². The van der Waals surface area contributed by atoms with Gasteiger partial charge in [-0.1, -0.05) is 0 Å². The molecule has 14 heavy (non-hydrogen) atoms. The third-order valence-corrected chi connectivity index (χ3v) is 2.50. The van der Waals surface area contributed by atoms with E-state index in [-0.39, 0.29) is 37.5 Å². The molecule has 3 N–H and O–H groups in total. The van der Waals surface area contributed by atoms with Crippen molar-refractivity contribution in [1.29, 1.82) is 0 Å². The summed E-state index contributed by atoms with van der Waals surface area (Å²) in [6, 6.07) is -0.483. The average molecular weight is 200 g/mol. The summed E-state index contributed by atoms with van der Waals surface area (Å²) in [6.45, 7) is 0.116. The number of aliphatic hydroxyl groups excluding tert-OH is 1. The molecule has 0 aromatic carbocycles. The predicted octanol–water partition coefficient (Wildman–Crippen LogP) is -1.69. The molecule has 7 nitrogen and oxygen atoms in total. The van der Waals surface area contributed by atoms with E-state index in [1.165, 1.54) is 9.80 Å². The van der Waals surface area contributed by atoms with Gasteiger partial charge in [0.1, 0.15) is 12.3 Å². The number of aliphatic hydroxyl groups is 1. The Morgan fingerprint density at radius 2 is 2.00 bits per heavy atom. The Hall–Kier alpha value is -1.50. The van der Waals surface area contributed by atoms with E-state index in [4.69, 9.17) is 5.11 Å². The summed E-state index contributed by atoms with van der Waals surface area (Å²) < 4.78 is 0. The molecule has 0 saturated carbocycles. The van der Waals surface area contributed by atoms with Crippen LogP contribution >= 0.6 is 0 Å². The minimum absolute atomic E-state index is 0.112. The molecular formula is C7H12N4O3. The molecule has 7 heteroatoms. The van der Waals surface area contributed by atoms with Gasteiger partial charge in [0.05, 0.1) is 6.61 Å². The van der Waals surface area contributed by atoms with Gasteiger partial charge in [-0.25, -0.2) is 9.59 Å². The van der Waals surface area contributed by atoms with Crippen molar-refractivity contribution in [2.24, 2.45) is 0 Å². The average Bonchev–Trinajstić information content (AvgIpc) is 2.61. The van der Waals surface area contributed by atoms with E-state index in [1.807, 2.05) is 0 Å². The summed E-state index contributed by atoms with van der Waals surface area (Å²) in [6.07, 6.45) is -0.700. The number of carbonyl (C=O) groups is 2. The highest BCUT2D eigenvalue weighted by Gasteiger charge is 2.48. The Morgan fingerprint density at radius 1 is 1.36 bits per heavy atom. The van der Waals surface area contributed by atoms with Gasteiger partial charge < -0.3 is 20.6 Å². The van der Waals surface area contributed by atoms with Crippen LogP contribution in [0.4, 0.5) is 9.59 Å². The molecule has 4 amide bonds. The number of hydrogen-bond donors (Lipinski definition) is 3. The molecule has 2 aliphatic heterocycles. The van der Waals surface area contributed by atoms with Crippen LogP contribution in [0.15, 0.2) is 0 Å².